The molecule has 2 N–H and O–H groups in total. The van der Waals surface area contributed by atoms with Gasteiger partial charge in [0.05, 0.1) is 0 Å². The molecule has 0 saturated carbocycles. The molecule has 1 aliphatic carbocycles. The molecule has 1 heterocycles. The van der Waals surface area contributed by atoms with E-state index in [1.807, 2.05) is 0 Å². The first kappa shape index (κ1) is 11.1. The van der Waals surface area contributed by atoms with E-state index in [9.17, 15) is 0 Å². The van der Waals surface area contributed by atoms with Gasteiger partial charge in [-0.15, -0.1) is 0 Å². The van der Waals surface area contributed by atoms with Gasteiger partial charge in [-0.2, -0.15) is 0 Å². The number of nitrogens with zero attached hydrogens (tertiary/aromatic N) is 1. The van der Waals surface area contributed by atoms with Gasteiger partial charge in [0.15, 0.2) is 0 Å². The molecule has 0 radical (unpaired) electrons. The van der Waals surface area contributed by atoms with Gasteiger partial charge in [0.25, 0.3) is 0 Å². The highest BCUT2D eigenvalue weighted by Gasteiger charge is 2.25. The van der Waals surface area contributed by atoms with Crippen molar-refractivity contribution < 1.29 is 0 Å². The van der Waals surface area contributed by atoms with E-state index in [1.165, 1.54) is 62.7 Å². The maximum atomic E-state index is 5.85. The van der Waals surface area contributed by atoms with E-state index < -0.39 is 0 Å². The van der Waals surface area contributed by atoms with Crippen LogP contribution in [-0.4, -0.2) is 24.0 Å². The monoisotopic (exact) mass is 230 g/mol. The predicted octanol–water partition coefficient (Wildman–Crippen LogP) is 2.61. The van der Waals surface area contributed by atoms with Gasteiger partial charge in [0.1, 0.15) is 0 Å². The molecule has 2 aliphatic rings. The Hall–Kier alpha value is -1.02. The maximum absolute atomic E-state index is 5.85. The molecular weight excluding hydrogens is 208 g/mol. The molecule has 2 nitrogen and oxygen atoms in total. The quantitative estimate of drug-likeness (QED) is 0.751. The zero-order valence-corrected chi connectivity index (χ0v) is 10.5. The fraction of sp³-hybridized carbons (Fsp3) is 0.600. The highest BCUT2D eigenvalue weighted by atomic mass is 15.2. The highest BCUT2D eigenvalue weighted by molar-refractivity contribution is 5.46. The highest BCUT2D eigenvalue weighted by Crippen LogP contribution is 2.27. The molecule has 0 bridgehead atoms. The third-order valence-corrected chi connectivity index (χ3v) is 4.34. The second-order valence-corrected chi connectivity index (χ2v) is 5.52. The summed E-state index contributed by atoms with van der Waals surface area (Å²) >= 11 is 0. The molecule has 0 amide bonds. The summed E-state index contributed by atoms with van der Waals surface area (Å²) in [5.41, 5.74) is 9.78. The van der Waals surface area contributed by atoms with Crippen molar-refractivity contribution in [2.24, 2.45) is 0 Å². The first-order chi connectivity index (χ1) is 8.33. The molecule has 1 aromatic carbocycles. The molecule has 1 unspecified atom stereocenters. The van der Waals surface area contributed by atoms with Crippen molar-refractivity contribution in [3.63, 3.8) is 0 Å². The average Bonchev–Trinajstić information content (AvgIpc) is 2.39. The molecule has 1 atom stereocenters. The van der Waals surface area contributed by atoms with Crippen molar-refractivity contribution in [3.05, 3.63) is 29.3 Å². The lowest BCUT2D eigenvalue weighted by Crippen LogP contribution is -2.42. The Balaban J connectivity index is 1.73. The van der Waals surface area contributed by atoms with Gasteiger partial charge in [0, 0.05) is 11.7 Å². The lowest BCUT2D eigenvalue weighted by Gasteiger charge is -2.37. The van der Waals surface area contributed by atoms with Gasteiger partial charge >= 0.3 is 0 Å². The lowest BCUT2D eigenvalue weighted by atomic mass is 9.86. The SMILES string of the molecule is Nc1ccc2c(c1)CCC(N1CCCCC1)C2. The van der Waals surface area contributed by atoms with Crippen molar-refractivity contribution in [2.45, 2.75) is 44.6 Å². The zero-order chi connectivity index (χ0) is 11.7. The third-order valence-electron chi connectivity index (χ3n) is 4.34. The molecule has 3 rings (SSSR count). The van der Waals surface area contributed by atoms with Crippen molar-refractivity contribution in [3.8, 4) is 0 Å². The summed E-state index contributed by atoms with van der Waals surface area (Å²) in [6.07, 6.45) is 7.97. The molecule has 17 heavy (non-hydrogen) atoms. The molecule has 92 valence electrons. The van der Waals surface area contributed by atoms with Gasteiger partial charge in [-0.3, -0.25) is 0 Å². The van der Waals surface area contributed by atoms with Crippen LogP contribution in [0.25, 0.3) is 0 Å². The van der Waals surface area contributed by atoms with Gasteiger partial charge in [-0.1, -0.05) is 12.5 Å². The van der Waals surface area contributed by atoms with Crippen LogP contribution in [0.3, 0.4) is 0 Å². The molecule has 0 aromatic heterocycles. The Morgan fingerprint density at radius 2 is 1.88 bits per heavy atom. The molecule has 0 spiro atoms. The van der Waals surface area contributed by atoms with Gasteiger partial charge in [-0.05, 0) is 68.5 Å². The number of fused-ring (bicyclic) bond motifs is 1. The number of rotatable bonds is 1. The topological polar surface area (TPSA) is 29.3 Å². The normalized spacial score (nSPS) is 25.5. The van der Waals surface area contributed by atoms with Crippen LogP contribution < -0.4 is 5.73 Å². The molecule has 2 heteroatoms. The second kappa shape index (κ2) is 4.69. The minimum Gasteiger partial charge on any atom is -0.399 e. The van der Waals surface area contributed by atoms with Gasteiger partial charge in [-0.25, -0.2) is 0 Å². The largest absolute Gasteiger partial charge is 0.399 e. The van der Waals surface area contributed by atoms with E-state index in [-0.39, 0.29) is 0 Å². The number of hydrogen-bond donors (Lipinski definition) is 1. The number of piperidine rings is 1. The molecular formula is C15H22N2. The summed E-state index contributed by atoms with van der Waals surface area (Å²) in [6.45, 7) is 2.63. The summed E-state index contributed by atoms with van der Waals surface area (Å²) < 4.78 is 0. The Kier molecular flexibility index (Phi) is 3.06. The number of aryl methyl sites for hydroxylation is 1. The first-order valence-electron chi connectivity index (χ1n) is 6.94. The number of hydrogen-bond acceptors (Lipinski definition) is 2. The first-order valence-corrected chi connectivity index (χ1v) is 6.94. The fourth-order valence-electron chi connectivity index (χ4n) is 3.35. The summed E-state index contributed by atoms with van der Waals surface area (Å²) in [6, 6.07) is 7.24. The Bertz CT molecular complexity index is 394. The average molecular weight is 230 g/mol. The van der Waals surface area contributed by atoms with E-state index in [0.29, 0.717) is 0 Å². The minimum atomic E-state index is 0.784. The van der Waals surface area contributed by atoms with Crippen LogP contribution in [0.1, 0.15) is 36.8 Å². The summed E-state index contributed by atoms with van der Waals surface area (Å²) in [4.78, 5) is 2.71. The lowest BCUT2D eigenvalue weighted by molar-refractivity contribution is 0.150. The van der Waals surface area contributed by atoms with E-state index >= 15 is 0 Å². The van der Waals surface area contributed by atoms with E-state index in [1.54, 1.807) is 0 Å². The standard InChI is InChI=1S/C15H22N2/c16-14-6-4-13-11-15(7-5-12(13)10-14)17-8-2-1-3-9-17/h4,6,10,15H,1-3,5,7-9,11,16H2. The van der Waals surface area contributed by atoms with Crippen LogP contribution in [-0.2, 0) is 12.8 Å². The van der Waals surface area contributed by atoms with Gasteiger partial charge in [0.2, 0.25) is 0 Å². The predicted molar refractivity (Wildman–Crippen MR) is 72.1 cm³/mol. The Morgan fingerprint density at radius 3 is 2.71 bits per heavy atom. The van der Waals surface area contributed by atoms with E-state index in [4.69, 9.17) is 5.73 Å². The van der Waals surface area contributed by atoms with Gasteiger partial charge < -0.3 is 10.6 Å². The smallest absolute Gasteiger partial charge is 0.0316 e. The second-order valence-electron chi connectivity index (χ2n) is 5.52. The van der Waals surface area contributed by atoms with Crippen LogP contribution in [0.4, 0.5) is 5.69 Å². The van der Waals surface area contributed by atoms with Crippen molar-refractivity contribution in [1.29, 1.82) is 0 Å². The molecule has 1 saturated heterocycles. The Morgan fingerprint density at radius 1 is 1.06 bits per heavy atom. The number of anilines is 1. The molecule has 1 aliphatic heterocycles. The Labute approximate surface area is 104 Å². The van der Waals surface area contributed by atoms with E-state index in [0.717, 1.165) is 11.7 Å². The fourth-order valence-corrected chi connectivity index (χ4v) is 3.35. The van der Waals surface area contributed by atoms with Crippen LogP contribution in [0.15, 0.2) is 18.2 Å². The van der Waals surface area contributed by atoms with Crippen molar-refractivity contribution >= 4 is 5.69 Å². The number of nitrogen functional groups attached to an aromatic ring is 1. The number of likely N-dealkylation sites (tertiary alicyclic amines) is 1. The van der Waals surface area contributed by atoms with Crippen LogP contribution in [0, 0.1) is 0 Å². The summed E-state index contributed by atoms with van der Waals surface area (Å²) in [7, 11) is 0. The van der Waals surface area contributed by atoms with E-state index in [2.05, 4.69) is 23.1 Å². The van der Waals surface area contributed by atoms with Crippen LogP contribution >= 0.6 is 0 Å². The van der Waals surface area contributed by atoms with Crippen LogP contribution in [0.2, 0.25) is 0 Å². The third kappa shape index (κ3) is 2.32. The van der Waals surface area contributed by atoms with Crippen molar-refractivity contribution in [1.82, 2.24) is 4.90 Å². The minimum absolute atomic E-state index is 0.784. The molecule has 1 aromatic rings. The molecule has 1 fully saturated rings. The number of nitrogens with two attached hydrogens (primary N) is 1. The number of benzene rings is 1. The summed E-state index contributed by atoms with van der Waals surface area (Å²) in [5, 5.41) is 0. The van der Waals surface area contributed by atoms with Crippen LogP contribution in [0.5, 0.6) is 0 Å². The zero-order valence-electron chi connectivity index (χ0n) is 10.5. The summed E-state index contributed by atoms with van der Waals surface area (Å²) in [5.74, 6) is 0. The van der Waals surface area contributed by atoms with Crippen molar-refractivity contribution in [2.75, 3.05) is 18.8 Å². The maximum Gasteiger partial charge on any atom is 0.0316 e.